The highest BCUT2D eigenvalue weighted by Gasteiger charge is 2.13. The minimum absolute atomic E-state index is 0.399. The van der Waals surface area contributed by atoms with Crippen LogP contribution in [0.1, 0.15) is 22.0 Å². The minimum atomic E-state index is -0.842. The van der Waals surface area contributed by atoms with Gasteiger partial charge >= 0.3 is 5.97 Å². The topological polar surface area (TPSA) is 46.5 Å². The molecular formula is C15H16O3. The van der Waals surface area contributed by atoms with E-state index in [4.69, 9.17) is 0 Å². The maximum absolute atomic E-state index is 11.4. The van der Waals surface area contributed by atoms with Crippen molar-refractivity contribution in [3.63, 3.8) is 0 Å². The third-order valence-corrected chi connectivity index (χ3v) is 2.49. The van der Waals surface area contributed by atoms with Gasteiger partial charge in [-0.05, 0) is 23.3 Å². The number of esters is 1. The van der Waals surface area contributed by atoms with Gasteiger partial charge in [-0.2, -0.15) is 0 Å². The Labute approximate surface area is 107 Å². The Morgan fingerprint density at radius 1 is 1.44 bits per heavy atom. The summed E-state index contributed by atoms with van der Waals surface area (Å²) in [6.45, 7) is 7.21. The average Bonchev–Trinajstić information content (AvgIpc) is 2.43. The van der Waals surface area contributed by atoms with Crippen molar-refractivity contribution < 1.29 is 14.6 Å². The normalized spacial score (nSPS) is 12.7. The quantitative estimate of drug-likeness (QED) is 0.640. The van der Waals surface area contributed by atoms with Crippen LogP contribution in [-0.4, -0.2) is 18.2 Å². The van der Waals surface area contributed by atoms with Gasteiger partial charge in [0, 0.05) is 0 Å². The van der Waals surface area contributed by atoms with Gasteiger partial charge in [-0.3, -0.25) is 0 Å². The molecule has 1 rings (SSSR count). The number of methoxy groups -OCH3 is 1. The van der Waals surface area contributed by atoms with Crippen LogP contribution in [-0.2, 0) is 4.74 Å². The van der Waals surface area contributed by atoms with Crippen LogP contribution in [0.5, 0.6) is 0 Å². The van der Waals surface area contributed by atoms with Crippen LogP contribution in [0, 0.1) is 0 Å². The van der Waals surface area contributed by atoms with Crippen LogP contribution in [0.25, 0.3) is 0 Å². The van der Waals surface area contributed by atoms with E-state index in [2.05, 4.69) is 17.9 Å². The Balaban J connectivity index is 3.09. The van der Waals surface area contributed by atoms with Gasteiger partial charge < -0.3 is 9.84 Å². The zero-order valence-electron chi connectivity index (χ0n) is 10.3. The molecule has 0 saturated heterocycles. The first-order valence-corrected chi connectivity index (χ1v) is 5.45. The maximum Gasteiger partial charge on any atom is 0.337 e. The van der Waals surface area contributed by atoms with E-state index in [1.54, 1.807) is 42.5 Å². The van der Waals surface area contributed by atoms with E-state index in [1.165, 1.54) is 7.11 Å². The molecule has 0 spiro atoms. The number of aliphatic hydroxyl groups is 1. The highest BCUT2D eigenvalue weighted by Crippen LogP contribution is 2.23. The first-order chi connectivity index (χ1) is 8.63. The summed E-state index contributed by atoms with van der Waals surface area (Å²) in [5.41, 5.74) is 1.62. The first-order valence-electron chi connectivity index (χ1n) is 5.45. The molecule has 0 aliphatic rings. The van der Waals surface area contributed by atoms with E-state index in [0.29, 0.717) is 16.7 Å². The van der Waals surface area contributed by atoms with Crippen LogP contribution < -0.4 is 0 Å². The molecule has 0 bridgehead atoms. The number of hydrogen-bond donors (Lipinski definition) is 1. The fourth-order valence-electron chi connectivity index (χ4n) is 1.55. The number of aliphatic hydroxyl groups excluding tert-OH is 1. The van der Waals surface area contributed by atoms with E-state index in [0.717, 1.165) is 0 Å². The highest BCUT2D eigenvalue weighted by atomic mass is 16.5. The van der Waals surface area contributed by atoms with Crippen LogP contribution in [0.3, 0.4) is 0 Å². The molecule has 94 valence electrons. The number of carbonyl (C=O) groups is 1. The van der Waals surface area contributed by atoms with E-state index in [1.807, 2.05) is 0 Å². The van der Waals surface area contributed by atoms with Crippen molar-refractivity contribution in [3.05, 3.63) is 72.4 Å². The van der Waals surface area contributed by atoms with E-state index >= 15 is 0 Å². The Morgan fingerprint density at radius 2 is 2.17 bits per heavy atom. The summed E-state index contributed by atoms with van der Waals surface area (Å²) in [7, 11) is 1.32. The van der Waals surface area contributed by atoms with Gasteiger partial charge in [0.05, 0.1) is 12.7 Å². The Bertz CT molecular complexity index is 486. The number of ether oxygens (including phenoxy) is 1. The monoisotopic (exact) mass is 244 g/mol. The molecule has 0 radical (unpaired) electrons. The number of carbonyl (C=O) groups excluding carboxylic acids is 1. The fraction of sp³-hybridized carbons (Fsp3) is 0.133. The first kappa shape index (κ1) is 13.9. The van der Waals surface area contributed by atoms with Gasteiger partial charge in [-0.15, -0.1) is 0 Å². The minimum Gasteiger partial charge on any atom is -0.465 e. The van der Waals surface area contributed by atoms with E-state index in [9.17, 15) is 9.90 Å². The summed E-state index contributed by atoms with van der Waals surface area (Å²) < 4.78 is 4.63. The van der Waals surface area contributed by atoms with Crippen molar-refractivity contribution in [1.82, 2.24) is 0 Å². The number of allylic oxidation sites excluding steroid dienone is 2. The molecule has 1 N–H and O–H groups in total. The van der Waals surface area contributed by atoms with Gasteiger partial charge in [0.25, 0.3) is 0 Å². The van der Waals surface area contributed by atoms with Crippen molar-refractivity contribution in [2.75, 3.05) is 7.11 Å². The van der Waals surface area contributed by atoms with Crippen molar-refractivity contribution in [2.24, 2.45) is 0 Å². The van der Waals surface area contributed by atoms with Crippen LogP contribution in [0.15, 0.2) is 61.2 Å². The predicted octanol–water partition coefficient (Wildman–Crippen LogP) is 2.81. The lowest BCUT2D eigenvalue weighted by Gasteiger charge is -2.12. The number of benzene rings is 1. The molecule has 1 unspecified atom stereocenters. The van der Waals surface area contributed by atoms with Crippen molar-refractivity contribution >= 4 is 5.97 Å². The molecule has 0 aromatic heterocycles. The van der Waals surface area contributed by atoms with Gasteiger partial charge in [-0.1, -0.05) is 43.5 Å². The molecule has 3 nitrogen and oxygen atoms in total. The zero-order valence-corrected chi connectivity index (χ0v) is 10.3. The van der Waals surface area contributed by atoms with Crippen molar-refractivity contribution in [2.45, 2.75) is 6.10 Å². The lowest BCUT2D eigenvalue weighted by atomic mass is 9.99. The van der Waals surface area contributed by atoms with Crippen molar-refractivity contribution in [3.8, 4) is 0 Å². The Hall–Kier alpha value is -2.13. The lowest BCUT2D eigenvalue weighted by molar-refractivity contribution is 0.0600. The largest absolute Gasteiger partial charge is 0.465 e. The smallest absolute Gasteiger partial charge is 0.337 e. The van der Waals surface area contributed by atoms with Gasteiger partial charge in [0.15, 0.2) is 0 Å². The predicted molar refractivity (Wildman–Crippen MR) is 71.2 cm³/mol. The maximum atomic E-state index is 11.4. The second-order valence-corrected chi connectivity index (χ2v) is 3.63. The summed E-state index contributed by atoms with van der Waals surface area (Å²) in [6.07, 6.45) is 3.95. The summed E-state index contributed by atoms with van der Waals surface area (Å²) >= 11 is 0. The molecule has 0 aliphatic heterocycles. The molecule has 1 aromatic rings. The molecule has 1 aromatic carbocycles. The van der Waals surface area contributed by atoms with Gasteiger partial charge in [0.1, 0.15) is 6.10 Å². The SMILES string of the molecule is C=C/C=C(\C=C)C(O)c1cccc(C(=O)OC)c1. The molecule has 0 heterocycles. The van der Waals surface area contributed by atoms with Crippen LogP contribution in [0.2, 0.25) is 0 Å². The summed E-state index contributed by atoms with van der Waals surface area (Å²) in [5, 5.41) is 10.2. The second kappa shape index (κ2) is 6.57. The highest BCUT2D eigenvalue weighted by molar-refractivity contribution is 5.89. The Kier molecular flexibility index (Phi) is 5.08. The molecule has 0 amide bonds. The molecular weight excluding hydrogens is 228 g/mol. The zero-order chi connectivity index (χ0) is 13.5. The summed E-state index contributed by atoms with van der Waals surface area (Å²) in [4.78, 5) is 11.4. The lowest BCUT2D eigenvalue weighted by Crippen LogP contribution is -2.05. The second-order valence-electron chi connectivity index (χ2n) is 3.63. The van der Waals surface area contributed by atoms with E-state index < -0.39 is 12.1 Å². The van der Waals surface area contributed by atoms with E-state index in [-0.39, 0.29) is 0 Å². The molecule has 1 atom stereocenters. The fourth-order valence-corrected chi connectivity index (χ4v) is 1.55. The number of hydrogen-bond acceptors (Lipinski definition) is 3. The Morgan fingerprint density at radius 3 is 2.72 bits per heavy atom. The van der Waals surface area contributed by atoms with Crippen LogP contribution >= 0.6 is 0 Å². The average molecular weight is 244 g/mol. The molecule has 0 fully saturated rings. The summed E-state index contributed by atoms with van der Waals surface area (Å²) in [5.74, 6) is -0.433. The molecule has 18 heavy (non-hydrogen) atoms. The molecule has 3 heteroatoms. The van der Waals surface area contributed by atoms with Crippen molar-refractivity contribution in [1.29, 1.82) is 0 Å². The van der Waals surface area contributed by atoms with Crippen LogP contribution in [0.4, 0.5) is 0 Å². The third kappa shape index (κ3) is 3.18. The molecule has 0 saturated carbocycles. The van der Waals surface area contributed by atoms with Gasteiger partial charge in [-0.25, -0.2) is 4.79 Å². The van der Waals surface area contributed by atoms with Gasteiger partial charge in [0.2, 0.25) is 0 Å². The number of rotatable bonds is 5. The molecule has 0 aliphatic carbocycles. The standard InChI is InChI=1S/C15H16O3/c1-4-7-11(5-2)14(16)12-8-6-9-13(10-12)15(17)18-3/h4-10,14,16H,1-2H2,3H3/b11-7+. The summed E-state index contributed by atoms with van der Waals surface area (Å²) in [6, 6.07) is 6.65. The third-order valence-electron chi connectivity index (χ3n) is 2.49.